The maximum atomic E-state index is 11.4. The van der Waals surface area contributed by atoms with E-state index in [0.29, 0.717) is 24.5 Å². The van der Waals surface area contributed by atoms with Gasteiger partial charge in [-0.2, -0.15) is 0 Å². The lowest BCUT2D eigenvalue weighted by Crippen LogP contribution is -2.30. The number of aromatic nitrogens is 1. The van der Waals surface area contributed by atoms with Crippen molar-refractivity contribution in [2.24, 2.45) is 0 Å². The molecule has 6 nitrogen and oxygen atoms in total. The molecule has 0 radical (unpaired) electrons. The van der Waals surface area contributed by atoms with E-state index in [9.17, 15) is 4.79 Å². The molecule has 0 saturated carbocycles. The van der Waals surface area contributed by atoms with Gasteiger partial charge in [0.1, 0.15) is 11.5 Å². The van der Waals surface area contributed by atoms with Gasteiger partial charge in [-0.15, -0.1) is 0 Å². The second-order valence-electron chi connectivity index (χ2n) is 3.53. The van der Waals surface area contributed by atoms with Gasteiger partial charge in [-0.25, -0.2) is 4.79 Å². The van der Waals surface area contributed by atoms with Crippen molar-refractivity contribution in [1.82, 2.24) is 10.5 Å². The monoisotopic (exact) mass is 235 g/mol. The standard InChI is InChI=1S/C11H13N3O3/c1-8-7-10(14-17-8)13-11(15)12-5-4-9-3-2-6-16-9/h2-3,6-7H,4-5H2,1H3,(H2,12,13,14,15). The van der Waals surface area contributed by atoms with Gasteiger partial charge in [0.05, 0.1) is 6.26 Å². The summed E-state index contributed by atoms with van der Waals surface area (Å²) in [5.74, 6) is 1.89. The van der Waals surface area contributed by atoms with E-state index in [2.05, 4.69) is 15.8 Å². The Hall–Kier alpha value is -2.24. The van der Waals surface area contributed by atoms with Crippen LogP contribution in [0.1, 0.15) is 11.5 Å². The highest BCUT2D eigenvalue weighted by molar-refractivity contribution is 5.88. The van der Waals surface area contributed by atoms with Crippen LogP contribution in [0.25, 0.3) is 0 Å². The molecule has 0 unspecified atom stereocenters. The van der Waals surface area contributed by atoms with Gasteiger partial charge in [0, 0.05) is 19.0 Å². The van der Waals surface area contributed by atoms with Gasteiger partial charge in [-0.1, -0.05) is 5.16 Å². The molecule has 2 rings (SSSR count). The number of amides is 2. The van der Waals surface area contributed by atoms with Crippen molar-refractivity contribution in [3.05, 3.63) is 36.0 Å². The van der Waals surface area contributed by atoms with E-state index in [0.717, 1.165) is 5.76 Å². The molecular formula is C11H13N3O3. The molecule has 2 N–H and O–H groups in total. The van der Waals surface area contributed by atoms with E-state index >= 15 is 0 Å². The van der Waals surface area contributed by atoms with Gasteiger partial charge in [-0.3, -0.25) is 5.32 Å². The van der Waals surface area contributed by atoms with E-state index in [4.69, 9.17) is 8.94 Å². The van der Waals surface area contributed by atoms with Gasteiger partial charge in [0.25, 0.3) is 0 Å². The van der Waals surface area contributed by atoms with Gasteiger partial charge in [-0.05, 0) is 19.1 Å². The molecule has 0 aliphatic rings. The largest absolute Gasteiger partial charge is 0.469 e. The zero-order valence-electron chi connectivity index (χ0n) is 9.40. The third kappa shape index (κ3) is 3.37. The molecule has 2 heterocycles. The van der Waals surface area contributed by atoms with Gasteiger partial charge >= 0.3 is 6.03 Å². The Morgan fingerprint density at radius 3 is 3.06 bits per heavy atom. The first-order valence-electron chi connectivity index (χ1n) is 5.24. The van der Waals surface area contributed by atoms with Crippen molar-refractivity contribution in [3.8, 4) is 0 Å². The molecule has 2 amide bonds. The van der Waals surface area contributed by atoms with Gasteiger partial charge in [0.15, 0.2) is 5.82 Å². The predicted octanol–water partition coefficient (Wildman–Crippen LogP) is 1.94. The second-order valence-corrected chi connectivity index (χ2v) is 3.53. The summed E-state index contributed by atoms with van der Waals surface area (Å²) in [6, 6.07) is 5.00. The van der Waals surface area contributed by atoms with Crippen LogP contribution in [0.5, 0.6) is 0 Å². The molecule has 0 aliphatic heterocycles. The normalized spacial score (nSPS) is 10.2. The minimum Gasteiger partial charge on any atom is -0.469 e. The Morgan fingerprint density at radius 1 is 1.53 bits per heavy atom. The number of rotatable bonds is 4. The van der Waals surface area contributed by atoms with Crippen molar-refractivity contribution >= 4 is 11.8 Å². The number of furan rings is 1. The van der Waals surface area contributed by atoms with Crippen LogP contribution in [0.4, 0.5) is 10.6 Å². The highest BCUT2D eigenvalue weighted by Gasteiger charge is 2.05. The molecule has 0 atom stereocenters. The topological polar surface area (TPSA) is 80.3 Å². The molecule has 0 fully saturated rings. The fraction of sp³-hybridized carbons (Fsp3) is 0.273. The van der Waals surface area contributed by atoms with E-state index in [1.54, 1.807) is 19.3 Å². The number of hydrogen-bond acceptors (Lipinski definition) is 4. The van der Waals surface area contributed by atoms with E-state index in [1.807, 2.05) is 12.1 Å². The van der Waals surface area contributed by atoms with Gasteiger partial charge in [0.2, 0.25) is 0 Å². The number of urea groups is 1. The molecule has 90 valence electrons. The van der Waals surface area contributed by atoms with Crippen molar-refractivity contribution in [2.45, 2.75) is 13.3 Å². The number of nitrogens with one attached hydrogen (secondary N) is 2. The molecule has 0 aromatic carbocycles. The second kappa shape index (κ2) is 5.20. The molecule has 0 aliphatic carbocycles. The van der Waals surface area contributed by atoms with Crippen LogP contribution < -0.4 is 10.6 Å². The summed E-state index contributed by atoms with van der Waals surface area (Å²) in [5, 5.41) is 8.89. The smallest absolute Gasteiger partial charge is 0.320 e. The number of hydrogen-bond donors (Lipinski definition) is 2. The van der Waals surface area contributed by atoms with Crippen LogP contribution in [-0.4, -0.2) is 17.7 Å². The van der Waals surface area contributed by atoms with Crippen LogP contribution in [0.2, 0.25) is 0 Å². The SMILES string of the molecule is Cc1cc(NC(=O)NCCc2ccco2)no1. The molecule has 17 heavy (non-hydrogen) atoms. The van der Waals surface area contributed by atoms with Crippen LogP contribution >= 0.6 is 0 Å². The van der Waals surface area contributed by atoms with Crippen LogP contribution in [-0.2, 0) is 6.42 Å². The Morgan fingerprint density at radius 2 is 2.41 bits per heavy atom. The Kier molecular flexibility index (Phi) is 3.44. The fourth-order valence-corrected chi connectivity index (χ4v) is 1.34. The number of carbonyl (C=O) groups excluding carboxylic acids is 1. The third-order valence-electron chi connectivity index (χ3n) is 2.11. The summed E-state index contributed by atoms with van der Waals surface area (Å²) >= 11 is 0. The summed E-state index contributed by atoms with van der Waals surface area (Å²) in [6.07, 6.45) is 2.26. The van der Waals surface area contributed by atoms with Crippen molar-refractivity contribution in [3.63, 3.8) is 0 Å². The zero-order chi connectivity index (χ0) is 12.1. The first-order chi connectivity index (χ1) is 8.24. The minimum absolute atomic E-state index is 0.315. The number of aryl methyl sites for hydroxylation is 1. The molecule has 6 heteroatoms. The Labute approximate surface area is 98.0 Å². The average Bonchev–Trinajstić information content (AvgIpc) is 2.90. The number of carbonyl (C=O) groups is 1. The average molecular weight is 235 g/mol. The van der Waals surface area contributed by atoms with Crippen LogP contribution in [0.15, 0.2) is 33.4 Å². The predicted molar refractivity (Wildman–Crippen MR) is 60.7 cm³/mol. The Bertz CT molecular complexity index is 476. The number of anilines is 1. The fourth-order valence-electron chi connectivity index (χ4n) is 1.34. The highest BCUT2D eigenvalue weighted by Crippen LogP contribution is 2.06. The summed E-state index contributed by atoms with van der Waals surface area (Å²) < 4.78 is 9.96. The zero-order valence-corrected chi connectivity index (χ0v) is 9.40. The summed E-state index contributed by atoms with van der Waals surface area (Å²) in [5.41, 5.74) is 0. The maximum absolute atomic E-state index is 11.4. The molecule has 0 spiro atoms. The first-order valence-corrected chi connectivity index (χ1v) is 5.24. The molecule has 0 bridgehead atoms. The third-order valence-corrected chi connectivity index (χ3v) is 2.11. The number of nitrogens with zero attached hydrogens (tertiary/aromatic N) is 1. The lowest BCUT2D eigenvalue weighted by molar-refractivity contribution is 0.251. The highest BCUT2D eigenvalue weighted by atomic mass is 16.5. The Balaban J connectivity index is 1.71. The minimum atomic E-state index is -0.315. The molecule has 2 aromatic heterocycles. The van der Waals surface area contributed by atoms with Crippen LogP contribution in [0, 0.1) is 6.92 Å². The molecule has 2 aromatic rings. The van der Waals surface area contributed by atoms with Crippen molar-refractivity contribution in [2.75, 3.05) is 11.9 Å². The molecular weight excluding hydrogens is 222 g/mol. The maximum Gasteiger partial charge on any atom is 0.320 e. The van der Waals surface area contributed by atoms with E-state index in [1.165, 1.54) is 0 Å². The summed E-state index contributed by atoms with van der Waals surface area (Å²) in [4.78, 5) is 11.4. The van der Waals surface area contributed by atoms with E-state index in [-0.39, 0.29) is 6.03 Å². The molecule has 0 saturated heterocycles. The quantitative estimate of drug-likeness (QED) is 0.848. The van der Waals surface area contributed by atoms with Crippen molar-refractivity contribution in [1.29, 1.82) is 0 Å². The van der Waals surface area contributed by atoms with E-state index < -0.39 is 0 Å². The summed E-state index contributed by atoms with van der Waals surface area (Å²) in [7, 11) is 0. The lowest BCUT2D eigenvalue weighted by atomic mass is 10.3. The van der Waals surface area contributed by atoms with Gasteiger partial charge < -0.3 is 14.3 Å². The van der Waals surface area contributed by atoms with Crippen LogP contribution in [0.3, 0.4) is 0 Å². The lowest BCUT2D eigenvalue weighted by Gasteiger charge is -2.03. The van der Waals surface area contributed by atoms with Crippen molar-refractivity contribution < 1.29 is 13.7 Å². The summed E-state index contributed by atoms with van der Waals surface area (Å²) in [6.45, 7) is 2.25. The first kappa shape index (κ1) is 11.3.